The normalized spacial score (nSPS) is 29.8. The van der Waals surface area contributed by atoms with Crippen molar-refractivity contribution in [3.63, 3.8) is 0 Å². The van der Waals surface area contributed by atoms with Gasteiger partial charge in [-0.25, -0.2) is 0 Å². The van der Waals surface area contributed by atoms with Gasteiger partial charge in [0.15, 0.2) is 18.9 Å². The Morgan fingerprint density at radius 1 is 0.427 bits per heavy atom. The van der Waals surface area contributed by atoms with Crippen LogP contribution in [0.15, 0.2) is 36.5 Å². The summed E-state index contributed by atoms with van der Waals surface area (Å²) < 4.78 is 34.3. The number of ether oxygens (including phenoxy) is 6. The number of hydrogen-bond donors (Lipinski definition) is 12. The Kier molecular flexibility index (Phi) is 41.8. The molecule has 3 saturated heterocycles. The molecule has 0 bridgehead atoms. The van der Waals surface area contributed by atoms with Crippen molar-refractivity contribution in [1.29, 1.82) is 0 Å². The number of nitrogens with one attached hydrogen (secondary N) is 1. The molecule has 12 N–H and O–H groups in total. The number of aliphatic hydroxyl groups excluding tert-OH is 11. The van der Waals surface area contributed by atoms with Gasteiger partial charge in [0.05, 0.1) is 38.6 Å². The number of amides is 1. The number of aliphatic hydroxyl groups is 11. The molecule has 19 nitrogen and oxygen atoms in total. The van der Waals surface area contributed by atoms with Gasteiger partial charge in [0.1, 0.15) is 73.2 Å². The maximum Gasteiger partial charge on any atom is 0.220 e. The third-order valence-corrected chi connectivity index (χ3v) is 16.2. The molecular weight excluding hydrogens is 1060 g/mol. The van der Waals surface area contributed by atoms with E-state index in [4.69, 9.17) is 28.4 Å². The first kappa shape index (κ1) is 74.3. The fraction of sp³-hybridized carbons (Fsp3) is 0.889. The van der Waals surface area contributed by atoms with Crippen LogP contribution in [0.3, 0.4) is 0 Å². The third kappa shape index (κ3) is 29.1. The molecule has 17 atom stereocenters. The predicted octanol–water partition coefficient (Wildman–Crippen LogP) is 6.88. The molecule has 82 heavy (non-hydrogen) atoms. The molecule has 3 heterocycles. The predicted molar refractivity (Wildman–Crippen MR) is 314 cm³/mol. The van der Waals surface area contributed by atoms with Crippen LogP contribution in [-0.2, 0) is 33.2 Å². The van der Waals surface area contributed by atoms with Gasteiger partial charge in [0, 0.05) is 6.42 Å². The van der Waals surface area contributed by atoms with E-state index in [0.717, 1.165) is 44.9 Å². The molecule has 17 unspecified atom stereocenters. The van der Waals surface area contributed by atoms with Crippen LogP contribution in [-0.4, -0.2) is 193 Å². The van der Waals surface area contributed by atoms with Crippen molar-refractivity contribution >= 4 is 5.91 Å². The van der Waals surface area contributed by atoms with Gasteiger partial charge in [-0.05, 0) is 44.9 Å². The fourth-order valence-corrected chi connectivity index (χ4v) is 10.9. The van der Waals surface area contributed by atoms with Crippen molar-refractivity contribution in [2.45, 2.75) is 330 Å². The molecule has 0 aromatic rings. The fourth-order valence-electron chi connectivity index (χ4n) is 10.9. The second-order valence-electron chi connectivity index (χ2n) is 23.2. The summed E-state index contributed by atoms with van der Waals surface area (Å²) in [4.78, 5) is 13.3. The second kappa shape index (κ2) is 46.2. The van der Waals surface area contributed by atoms with E-state index < -0.39 is 124 Å². The first-order valence-electron chi connectivity index (χ1n) is 32.2. The lowest BCUT2D eigenvalue weighted by Gasteiger charge is -2.48. The van der Waals surface area contributed by atoms with Crippen LogP contribution in [0.25, 0.3) is 0 Å². The zero-order valence-corrected chi connectivity index (χ0v) is 50.2. The summed E-state index contributed by atoms with van der Waals surface area (Å²) in [5.41, 5.74) is 0. The summed E-state index contributed by atoms with van der Waals surface area (Å²) in [5, 5.41) is 120. The second-order valence-corrected chi connectivity index (χ2v) is 23.2. The van der Waals surface area contributed by atoms with E-state index in [1.807, 2.05) is 6.08 Å². The summed E-state index contributed by atoms with van der Waals surface area (Å²) in [7, 11) is 0. The molecule has 480 valence electrons. The highest BCUT2D eigenvalue weighted by Gasteiger charge is 2.53. The number of carbonyl (C=O) groups is 1. The maximum absolute atomic E-state index is 13.3. The van der Waals surface area contributed by atoms with Gasteiger partial charge >= 0.3 is 0 Å². The molecule has 0 aliphatic carbocycles. The summed E-state index contributed by atoms with van der Waals surface area (Å²) in [5.74, 6) is -0.288. The summed E-state index contributed by atoms with van der Waals surface area (Å²) >= 11 is 0. The molecule has 1 amide bonds. The maximum atomic E-state index is 13.3. The van der Waals surface area contributed by atoms with Crippen LogP contribution < -0.4 is 5.32 Å². The number of unbranched alkanes of at least 4 members (excludes halogenated alkanes) is 28. The highest BCUT2D eigenvalue weighted by atomic mass is 16.8. The Hall–Kier alpha value is -1.99. The summed E-state index contributed by atoms with van der Waals surface area (Å²) in [6, 6.07) is -0.993. The van der Waals surface area contributed by atoms with Crippen LogP contribution in [0.5, 0.6) is 0 Å². The number of allylic oxidation sites excluding steroid dienone is 5. The van der Waals surface area contributed by atoms with Crippen LogP contribution in [0, 0.1) is 0 Å². The molecule has 3 rings (SSSR count). The Balaban J connectivity index is 1.50. The molecular formula is C63H115NO18. The molecule has 0 aromatic heterocycles. The lowest BCUT2D eigenvalue weighted by Crippen LogP contribution is -2.66. The van der Waals surface area contributed by atoms with Crippen LogP contribution in [0.4, 0.5) is 0 Å². The summed E-state index contributed by atoms with van der Waals surface area (Å²) in [6.07, 6.45) is 24.1. The van der Waals surface area contributed by atoms with E-state index in [1.165, 1.54) is 148 Å². The molecule has 0 radical (unpaired) electrons. The van der Waals surface area contributed by atoms with Crippen molar-refractivity contribution < 1.29 is 89.4 Å². The monoisotopic (exact) mass is 1170 g/mol. The lowest BCUT2D eigenvalue weighted by atomic mass is 9.96. The van der Waals surface area contributed by atoms with Crippen molar-refractivity contribution in [3.05, 3.63) is 36.5 Å². The Labute approximate surface area is 491 Å². The van der Waals surface area contributed by atoms with Gasteiger partial charge < -0.3 is 89.9 Å². The SMILES string of the molecule is CCCCCCCCCCCCC/C=C/CC/C=C/CC/C=C/C(O)C(COC1OC(CO)C(OC2OC(CO)C(OC3OC(CO)C(O)C(O)C3O)C(O)C2O)C(O)C1O)NC(=O)CCCCCCCCCCCCCCCCCC. The van der Waals surface area contributed by atoms with E-state index in [9.17, 15) is 61.0 Å². The van der Waals surface area contributed by atoms with Gasteiger partial charge in [-0.2, -0.15) is 0 Å². The molecule has 0 aromatic carbocycles. The molecule has 0 spiro atoms. The van der Waals surface area contributed by atoms with E-state index >= 15 is 0 Å². The van der Waals surface area contributed by atoms with Crippen molar-refractivity contribution in [2.24, 2.45) is 0 Å². The van der Waals surface area contributed by atoms with Crippen molar-refractivity contribution in [2.75, 3.05) is 26.4 Å². The average molecular weight is 1170 g/mol. The third-order valence-electron chi connectivity index (χ3n) is 16.2. The topological polar surface area (TPSA) is 307 Å². The quantitative estimate of drug-likeness (QED) is 0.0218. The van der Waals surface area contributed by atoms with Gasteiger partial charge in [0.25, 0.3) is 0 Å². The van der Waals surface area contributed by atoms with Crippen LogP contribution >= 0.6 is 0 Å². The van der Waals surface area contributed by atoms with Gasteiger partial charge in [-0.1, -0.05) is 211 Å². The zero-order valence-electron chi connectivity index (χ0n) is 50.2. The van der Waals surface area contributed by atoms with Crippen LogP contribution in [0.2, 0.25) is 0 Å². The smallest absolute Gasteiger partial charge is 0.220 e. The highest BCUT2D eigenvalue weighted by molar-refractivity contribution is 5.76. The Morgan fingerprint density at radius 2 is 0.780 bits per heavy atom. The van der Waals surface area contributed by atoms with Gasteiger partial charge in [0.2, 0.25) is 5.91 Å². The number of rotatable bonds is 48. The van der Waals surface area contributed by atoms with Crippen molar-refractivity contribution in [1.82, 2.24) is 5.32 Å². The van der Waals surface area contributed by atoms with E-state index in [2.05, 4.69) is 43.5 Å². The first-order chi connectivity index (χ1) is 39.8. The summed E-state index contributed by atoms with van der Waals surface area (Å²) in [6.45, 7) is 1.71. The standard InChI is InChI=1S/C63H115NO18/c1-3-5-7-9-11-13-15-17-19-21-22-23-24-25-26-28-30-32-34-36-38-40-47(68)46(64-51(69)41-39-37-35-33-31-29-27-20-18-16-14-12-10-8-6-4-2)45-77-61-57(75)54(72)59(49(43-66)79-61)82-63-58(76)55(73)60(50(44-67)80-63)81-62-56(74)53(71)52(70)48(42-65)78-62/h24-25,30,32,38,40,46-50,52-63,65-68,70-76H,3-23,26-29,31,33-37,39,41-45H2,1-2H3,(H,64,69)/b25-24+,32-30+,40-38+. The molecule has 3 fully saturated rings. The number of hydrogen-bond acceptors (Lipinski definition) is 18. The minimum atomic E-state index is -1.98. The van der Waals surface area contributed by atoms with E-state index in [-0.39, 0.29) is 18.9 Å². The zero-order chi connectivity index (χ0) is 59.7. The average Bonchev–Trinajstić information content (AvgIpc) is 3.40. The van der Waals surface area contributed by atoms with Crippen molar-refractivity contribution in [3.8, 4) is 0 Å². The number of carbonyl (C=O) groups excluding carboxylic acids is 1. The highest BCUT2D eigenvalue weighted by Crippen LogP contribution is 2.33. The minimum absolute atomic E-state index is 0.235. The van der Waals surface area contributed by atoms with E-state index in [1.54, 1.807) is 6.08 Å². The van der Waals surface area contributed by atoms with Gasteiger partial charge in [-0.15, -0.1) is 0 Å². The van der Waals surface area contributed by atoms with Crippen LogP contribution in [0.1, 0.15) is 226 Å². The Morgan fingerprint density at radius 3 is 1.22 bits per heavy atom. The van der Waals surface area contributed by atoms with Gasteiger partial charge in [-0.3, -0.25) is 4.79 Å². The largest absolute Gasteiger partial charge is 0.394 e. The first-order valence-corrected chi connectivity index (χ1v) is 32.2. The van der Waals surface area contributed by atoms with E-state index in [0.29, 0.717) is 12.8 Å². The molecule has 3 aliphatic rings. The molecule has 3 aliphatic heterocycles. The minimum Gasteiger partial charge on any atom is -0.394 e. The molecule has 0 saturated carbocycles. The molecule has 19 heteroatoms. The lowest BCUT2D eigenvalue weighted by molar-refractivity contribution is -0.379. The Bertz CT molecular complexity index is 1640.